The van der Waals surface area contributed by atoms with E-state index < -0.39 is 32.0 Å². The van der Waals surface area contributed by atoms with Crippen LogP contribution in [-0.4, -0.2) is 59.0 Å². The van der Waals surface area contributed by atoms with Crippen molar-refractivity contribution in [2.75, 3.05) is 19.8 Å². The molecule has 6 N–H and O–H groups in total. The average molecular weight is 663 g/mol. The number of hydrogen-bond donors (Lipinski definition) is 5. The van der Waals surface area contributed by atoms with Crippen LogP contribution in [0.15, 0.2) is 12.2 Å². The van der Waals surface area contributed by atoms with Crippen LogP contribution in [0.5, 0.6) is 0 Å². The van der Waals surface area contributed by atoms with Crippen LogP contribution >= 0.6 is 7.82 Å². The summed E-state index contributed by atoms with van der Waals surface area (Å²) in [6.07, 6.45) is 28.5. The molecule has 0 radical (unpaired) electrons. The van der Waals surface area contributed by atoms with Crippen molar-refractivity contribution in [1.29, 1.82) is 0 Å². The van der Waals surface area contributed by atoms with E-state index >= 15 is 0 Å². The van der Waals surface area contributed by atoms with Gasteiger partial charge in [-0.15, -0.1) is 0 Å². The van der Waals surface area contributed by atoms with Crippen LogP contribution in [0.3, 0.4) is 0 Å². The van der Waals surface area contributed by atoms with Crippen molar-refractivity contribution >= 4 is 13.7 Å². The molecule has 0 aliphatic heterocycles. The maximum Gasteiger partial charge on any atom is 0.472 e. The highest BCUT2D eigenvalue weighted by Crippen LogP contribution is 2.43. The number of nitrogens with one attached hydrogen (secondary N) is 1. The van der Waals surface area contributed by atoms with Crippen LogP contribution < -0.4 is 11.1 Å². The summed E-state index contributed by atoms with van der Waals surface area (Å²) >= 11 is 0. The lowest BCUT2D eigenvalue weighted by molar-refractivity contribution is -0.125. The Kier molecular flexibility index (Phi) is 31.2. The summed E-state index contributed by atoms with van der Waals surface area (Å²) in [5, 5.41) is 23.9. The quantitative estimate of drug-likeness (QED) is 0.0263. The summed E-state index contributed by atoms with van der Waals surface area (Å²) in [7, 11) is -4.36. The monoisotopic (exact) mass is 662 g/mol. The van der Waals surface area contributed by atoms with Gasteiger partial charge in [-0.3, -0.25) is 13.8 Å². The molecule has 9 nitrogen and oxygen atoms in total. The summed E-state index contributed by atoms with van der Waals surface area (Å²) in [5.74, 6) is -0.426. The van der Waals surface area contributed by atoms with Crippen LogP contribution in [0.2, 0.25) is 0 Å². The van der Waals surface area contributed by atoms with Gasteiger partial charge in [0.1, 0.15) is 0 Å². The van der Waals surface area contributed by atoms with Crippen LogP contribution in [0.25, 0.3) is 0 Å². The number of carbonyl (C=O) groups excluding carboxylic acids is 1. The molecule has 0 aromatic rings. The van der Waals surface area contributed by atoms with Gasteiger partial charge in [0, 0.05) is 6.54 Å². The highest BCUT2D eigenvalue weighted by Gasteiger charge is 2.28. The molecule has 45 heavy (non-hydrogen) atoms. The van der Waals surface area contributed by atoms with Crippen LogP contribution in [0, 0.1) is 0 Å². The Morgan fingerprint density at radius 3 is 1.73 bits per heavy atom. The number of aliphatic hydroxyl groups excluding tert-OH is 2. The van der Waals surface area contributed by atoms with E-state index in [2.05, 4.69) is 31.3 Å². The minimum absolute atomic E-state index is 0.0585. The van der Waals surface area contributed by atoms with Gasteiger partial charge in [-0.2, -0.15) is 0 Å². The summed E-state index contributed by atoms with van der Waals surface area (Å²) < 4.78 is 21.9. The number of hydrogen-bond acceptors (Lipinski definition) is 7. The molecule has 0 aromatic carbocycles. The predicted octanol–water partition coefficient (Wildman–Crippen LogP) is 8.24. The first kappa shape index (κ1) is 44.2. The molecule has 0 aromatic heterocycles. The van der Waals surface area contributed by atoms with Crippen molar-refractivity contribution in [3.8, 4) is 0 Å². The number of nitrogens with two attached hydrogens (primary N) is 1. The fourth-order valence-corrected chi connectivity index (χ4v) is 6.11. The summed E-state index contributed by atoms with van der Waals surface area (Å²) in [4.78, 5) is 22.5. The number of phosphoric acid groups is 1. The fourth-order valence-electron chi connectivity index (χ4n) is 5.35. The molecule has 0 rings (SSSR count). The Hall–Kier alpha value is -0.800. The van der Waals surface area contributed by atoms with Crippen molar-refractivity contribution in [1.82, 2.24) is 5.32 Å². The lowest BCUT2D eigenvalue weighted by Crippen LogP contribution is -2.47. The van der Waals surface area contributed by atoms with E-state index in [4.69, 9.17) is 14.8 Å². The van der Waals surface area contributed by atoms with Crippen molar-refractivity contribution in [2.45, 2.75) is 186 Å². The zero-order valence-electron chi connectivity index (χ0n) is 29.0. The van der Waals surface area contributed by atoms with Gasteiger partial charge in [-0.1, -0.05) is 135 Å². The number of allylic oxidation sites excluding steroid dienone is 2. The first-order chi connectivity index (χ1) is 21.8. The number of unbranched alkanes of at least 4 members (excludes halogenated alkanes) is 18. The second-order valence-electron chi connectivity index (χ2n) is 12.6. The lowest BCUT2D eigenvalue weighted by atomic mass is 10.0. The first-order valence-corrected chi connectivity index (χ1v) is 19.9. The molecule has 0 spiro atoms. The first-order valence-electron chi connectivity index (χ1n) is 18.4. The number of amides is 1. The van der Waals surface area contributed by atoms with Crippen LogP contribution in [0.1, 0.15) is 168 Å². The summed E-state index contributed by atoms with van der Waals surface area (Å²) in [6.45, 7) is 3.96. The molecule has 0 aliphatic carbocycles. The molecule has 0 saturated heterocycles. The summed E-state index contributed by atoms with van der Waals surface area (Å²) in [5.41, 5.74) is 5.33. The maximum atomic E-state index is 12.7. The largest absolute Gasteiger partial charge is 0.472 e. The number of aliphatic hydroxyl groups is 2. The predicted molar refractivity (Wildman–Crippen MR) is 186 cm³/mol. The summed E-state index contributed by atoms with van der Waals surface area (Å²) in [6, 6.07) is -0.894. The van der Waals surface area contributed by atoms with Gasteiger partial charge in [0.25, 0.3) is 0 Å². The topological polar surface area (TPSA) is 151 Å². The molecule has 10 heteroatoms. The molecule has 0 bridgehead atoms. The van der Waals surface area contributed by atoms with E-state index in [-0.39, 0.29) is 26.2 Å². The third kappa shape index (κ3) is 30.3. The van der Waals surface area contributed by atoms with Crippen LogP contribution in [0.4, 0.5) is 0 Å². The average Bonchev–Trinajstić information content (AvgIpc) is 3.01. The van der Waals surface area contributed by atoms with Gasteiger partial charge in [0.05, 0.1) is 37.9 Å². The standard InChI is InChI=1S/C35H71N2O7P/c1-3-5-7-9-11-12-13-14-15-16-17-18-19-21-22-24-26-32(38)30-35(40)37-33(31-44-45(41,42)43-29-28-36)34(39)27-25-23-20-10-8-6-4-2/h17-18,32-34,38-39H,3-16,19-31,36H2,1-2H3,(H,37,40)(H,41,42)/b18-17-. The van der Waals surface area contributed by atoms with Gasteiger partial charge in [0.2, 0.25) is 5.91 Å². The van der Waals surface area contributed by atoms with Crippen molar-refractivity contribution < 1.29 is 33.5 Å². The number of rotatable bonds is 34. The van der Waals surface area contributed by atoms with Gasteiger partial charge in [-0.25, -0.2) is 4.57 Å². The Labute approximate surface area is 276 Å². The lowest BCUT2D eigenvalue weighted by Gasteiger charge is -2.25. The highest BCUT2D eigenvalue weighted by atomic mass is 31.2. The highest BCUT2D eigenvalue weighted by molar-refractivity contribution is 7.47. The smallest absolute Gasteiger partial charge is 0.393 e. The molecule has 268 valence electrons. The molecule has 0 saturated carbocycles. The minimum atomic E-state index is -4.36. The van der Waals surface area contributed by atoms with Gasteiger partial charge in [0.15, 0.2) is 0 Å². The van der Waals surface area contributed by atoms with E-state index in [1.54, 1.807) is 0 Å². The Morgan fingerprint density at radius 1 is 0.733 bits per heavy atom. The molecule has 4 atom stereocenters. The van der Waals surface area contributed by atoms with Crippen molar-refractivity contribution in [2.24, 2.45) is 5.73 Å². The van der Waals surface area contributed by atoms with Crippen LogP contribution in [-0.2, 0) is 18.4 Å². The third-order valence-electron chi connectivity index (χ3n) is 8.17. The van der Waals surface area contributed by atoms with Gasteiger partial charge < -0.3 is 26.2 Å². The van der Waals surface area contributed by atoms with Gasteiger partial charge >= 0.3 is 7.82 Å². The minimum Gasteiger partial charge on any atom is -0.393 e. The van der Waals surface area contributed by atoms with Crippen molar-refractivity contribution in [3.05, 3.63) is 12.2 Å². The maximum absolute atomic E-state index is 12.7. The molecular formula is C35H71N2O7P. The Balaban J connectivity index is 4.27. The Morgan fingerprint density at radius 2 is 1.20 bits per heavy atom. The molecule has 1 amide bonds. The molecular weight excluding hydrogens is 591 g/mol. The number of phosphoric ester groups is 1. The van der Waals surface area contributed by atoms with E-state index in [1.165, 1.54) is 77.0 Å². The SMILES string of the molecule is CCCCCCCCCCC/C=C\CCCCCC(O)CC(=O)NC(COP(=O)(O)OCCN)C(O)CCCCCCCCC. The van der Waals surface area contributed by atoms with Crippen molar-refractivity contribution in [3.63, 3.8) is 0 Å². The Bertz CT molecular complexity index is 741. The molecule has 0 fully saturated rings. The van der Waals surface area contributed by atoms with E-state index in [9.17, 15) is 24.5 Å². The fraction of sp³-hybridized carbons (Fsp3) is 0.914. The van der Waals surface area contributed by atoms with E-state index in [0.717, 1.165) is 57.8 Å². The second-order valence-corrected chi connectivity index (χ2v) is 14.1. The third-order valence-corrected chi connectivity index (χ3v) is 9.16. The zero-order valence-corrected chi connectivity index (χ0v) is 29.9. The normalized spacial score (nSPS) is 15.2. The second kappa shape index (κ2) is 31.8. The molecule has 4 unspecified atom stereocenters. The molecule has 0 heterocycles. The molecule has 0 aliphatic rings. The van der Waals surface area contributed by atoms with Gasteiger partial charge in [-0.05, 0) is 38.5 Å². The van der Waals surface area contributed by atoms with E-state index in [1.807, 2.05) is 0 Å². The zero-order chi connectivity index (χ0) is 33.4. The van der Waals surface area contributed by atoms with E-state index in [0.29, 0.717) is 12.8 Å². The number of carbonyl (C=O) groups is 1.